The molecule has 1 amide bonds. The number of amidine groups is 1. The van der Waals surface area contributed by atoms with Gasteiger partial charge in [-0.05, 0) is 19.3 Å². The molecule has 0 aromatic rings. The second-order valence-electron chi connectivity index (χ2n) is 11.4. The molecule has 4 rings (SSSR count). The maximum absolute atomic E-state index is 12.9. The van der Waals surface area contributed by atoms with E-state index in [0.717, 1.165) is 0 Å². The first-order valence-corrected chi connectivity index (χ1v) is 14.0. The van der Waals surface area contributed by atoms with Crippen LogP contribution in [-0.4, -0.2) is 155 Å². The van der Waals surface area contributed by atoms with E-state index in [-0.39, 0.29) is 31.9 Å². The number of aliphatic hydroxyl groups excluding tert-OH is 4. The molecule has 3 aliphatic heterocycles. The van der Waals surface area contributed by atoms with Crippen LogP contribution >= 0.6 is 0 Å². The Hall–Kier alpha value is -1.65. The molecule has 13 atom stereocenters. The number of aliphatic imine (C=N–C) groups is 1. The van der Waals surface area contributed by atoms with E-state index in [2.05, 4.69) is 15.6 Å². The molecule has 4 aliphatic rings. The number of aliphatic hydroxyl groups is 5. The quantitative estimate of drug-likeness (QED) is 0.0811. The van der Waals surface area contributed by atoms with Gasteiger partial charge in [-0.1, -0.05) is 0 Å². The normalized spacial score (nSPS) is 44.3. The molecule has 3 saturated heterocycles. The van der Waals surface area contributed by atoms with E-state index in [9.17, 15) is 34.7 Å². The summed E-state index contributed by atoms with van der Waals surface area (Å²) in [5, 5.41) is 58.0. The number of β-amino-alcohol motifs (C(OH)–C–C–N with tert-alkyl or cyclic N) is 1. The van der Waals surface area contributed by atoms with Gasteiger partial charge in [0.25, 0.3) is 5.91 Å². The Morgan fingerprint density at radius 3 is 2.33 bits per heavy atom. The maximum atomic E-state index is 12.9. The third kappa shape index (κ3) is 7.17. The predicted molar refractivity (Wildman–Crippen MR) is 142 cm³/mol. The highest BCUT2D eigenvalue weighted by molar-refractivity contribution is 5.87. The molecular formula is C24H44FN7O10. The van der Waals surface area contributed by atoms with E-state index in [0.29, 0.717) is 12.8 Å². The van der Waals surface area contributed by atoms with Gasteiger partial charge >= 0.3 is 0 Å². The van der Waals surface area contributed by atoms with Crippen molar-refractivity contribution in [2.24, 2.45) is 27.9 Å². The van der Waals surface area contributed by atoms with E-state index < -0.39 is 104 Å². The Morgan fingerprint density at radius 1 is 1.02 bits per heavy atom. The number of nitrogens with one attached hydrogen (secondary N) is 2. The molecular weight excluding hydrogens is 565 g/mol. The summed E-state index contributed by atoms with van der Waals surface area (Å²) < 4.78 is 36.2. The first-order chi connectivity index (χ1) is 19.9. The molecule has 1 aliphatic carbocycles. The first kappa shape index (κ1) is 33.2. The zero-order chi connectivity index (χ0) is 30.8. The number of nitrogens with zero attached hydrogens (tertiary/aromatic N) is 1. The van der Waals surface area contributed by atoms with Crippen molar-refractivity contribution < 1.29 is 53.7 Å². The van der Waals surface area contributed by atoms with Crippen LogP contribution in [0.3, 0.4) is 0 Å². The molecule has 3 heterocycles. The summed E-state index contributed by atoms with van der Waals surface area (Å²) in [4.78, 5) is 16.8. The number of amides is 1. The summed E-state index contributed by atoms with van der Waals surface area (Å²) in [5.74, 6) is -0.897. The van der Waals surface area contributed by atoms with Gasteiger partial charge in [-0.15, -0.1) is 0 Å². The number of carbonyl (C=O) groups excluding carboxylic acids is 1. The van der Waals surface area contributed by atoms with Gasteiger partial charge in [0.1, 0.15) is 49.1 Å². The molecule has 242 valence electrons. The summed E-state index contributed by atoms with van der Waals surface area (Å²) in [6.07, 6.45) is -10.3. The Bertz CT molecular complexity index is 949. The lowest BCUT2D eigenvalue weighted by Crippen LogP contribution is -2.72. The molecule has 0 radical (unpaired) electrons. The number of ether oxygens (including phenoxy) is 4. The Balaban J connectivity index is 1.52. The Kier molecular flexibility index (Phi) is 11.1. The monoisotopic (exact) mass is 609 g/mol. The average molecular weight is 610 g/mol. The third-order valence-corrected chi connectivity index (χ3v) is 8.24. The van der Waals surface area contributed by atoms with Crippen molar-refractivity contribution in [3.05, 3.63) is 0 Å². The maximum Gasteiger partial charge on any atom is 0.254 e. The second kappa shape index (κ2) is 14.0. The highest BCUT2D eigenvalue weighted by Crippen LogP contribution is 2.32. The van der Waals surface area contributed by atoms with Crippen LogP contribution in [0.5, 0.6) is 0 Å². The van der Waals surface area contributed by atoms with E-state index in [1.165, 1.54) is 0 Å². The van der Waals surface area contributed by atoms with Crippen LogP contribution in [0.15, 0.2) is 4.99 Å². The second-order valence-corrected chi connectivity index (χ2v) is 11.4. The van der Waals surface area contributed by atoms with Crippen molar-refractivity contribution in [1.82, 2.24) is 10.6 Å². The molecule has 18 heteroatoms. The fourth-order valence-corrected chi connectivity index (χ4v) is 5.50. The van der Waals surface area contributed by atoms with Crippen LogP contribution in [0.25, 0.3) is 0 Å². The van der Waals surface area contributed by atoms with Crippen molar-refractivity contribution in [3.8, 4) is 0 Å². The average Bonchev–Trinajstić information content (AvgIpc) is 2.95. The van der Waals surface area contributed by atoms with Crippen LogP contribution < -0.4 is 33.6 Å². The fourth-order valence-electron chi connectivity index (χ4n) is 5.50. The van der Waals surface area contributed by atoms with Crippen LogP contribution in [0.2, 0.25) is 0 Å². The first-order valence-electron chi connectivity index (χ1n) is 14.0. The van der Waals surface area contributed by atoms with E-state index in [1.54, 1.807) is 0 Å². The minimum Gasteiger partial charge on any atom is -0.394 e. The molecule has 13 unspecified atom stereocenters. The zero-order valence-electron chi connectivity index (χ0n) is 23.1. The summed E-state index contributed by atoms with van der Waals surface area (Å²) in [5.41, 5.74) is 22.3. The predicted octanol–water partition coefficient (Wildman–Crippen LogP) is -6.41. The minimum atomic E-state index is -1.67. The van der Waals surface area contributed by atoms with Gasteiger partial charge in [0, 0.05) is 19.1 Å². The number of carbonyl (C=O) groups is 1. The van der Waals surface area contributed by atoms with Crippen molar-refractivity contribution in [2.45, 2.75) is 104 Å². The van der Waals surface area contributed by atoms with Gasteiger partial charge in [-0.2, -0.15) is 0 Å². The van der Waals surface area contributed by atoms with Gasteiger partial charge in [0.15, 0.2) is 18.2 Å². The van der Waals surface area contributed by atoms with Gasteiger partial charge in [-0.25, -0.2) is 4.39 Å². The summed E-state index contributed by atoms with van der Waals surface area (Å²) in [6, 6.07) is -3.74. The zero-order valence-corrected chi connectivity index (χ0v) is 23.1. The van der Waals surface area contributed by atoms with E-state index >= 15 is 0 Å². The van der Waals surface area contributed by atoms with E-state index in [4.69, 9.17) is 41.9 Å². The van der Waals surface area contributed by atoms with E-state index in [1.807, 2.05) is 0 Å². The molecule has 15 N–H and O–H groups in total. The van der Waals surface area contributed by atoms with Crippen molar-refractivity contribution in [3.63, 3.8) is 0 Å². The molecule has 4 fully saturated rings. The molecule has 0 aromatic carbocycles. The molecule has 0 aromatic heterocycles. The Labute approximate surface area is 241 Å². The van der Waals surface area contributed by atoms with Crippen LogP contribution in [-0.2, 0) is 23.7 Å². The lowest BCUT2D eigenvalue weighted by Gasteiger charge is -2.49. The highest BCUT2D eigenvalue weighted by atomic mass is 19.1. The van der Waals surface area contributed by atoms with Crippen molar-refractivity contribution >= 4 is 11.7 Å². The number of rotatable bonds is 10. The van der Waals surface area contributed by atoms with Crippen molar-refractivity contribution in [1.29, 1.82) is 0 Å². The number of alkyl halides is 1. The van der Waals surface area contributed by atoms with Crippen LogP contribution in [0.4, 0.5) is 4.39 Å². The molecule has 17 nitrogen and oxygen atoms in total. The Morgan fingerprint density at radius 2 is 1.71 bits per heavy atom. The number of halogens is 1. The number of hydrogen-bond acceptors (Lipinski definition) is 15. The highest BCUT2D eigenvalue weighted by Gasteiger charge is 2.52. The largest absolute Gasteiger partial charge is 0.394 e. The van der Waals surface area contributed by atoms with Gasteiger partial charge in [-0.3, -0.25) is 9.79 Å². The van der Waals surface area contributed by atoms with Gasteiger partial charge in [0.2, 0.25) is 0 Å². The summed E-state index contributed by atoms with van der Waals surface area (Å²) in [7, 11) is 0. The van der Waals surface area contributed by atoms with Crippen molar-refractivity contribution in [2.75, 3.05) is 32.9 Å². The van der Waals surface area contributed by atoms with Gasteiger partial charge in [0.05, 0.1) is 37.4 Å². The molecule has 0 bridgehead atoms. The molecule has 0 spiro atoms. The molecule has 1 saturated carbocycles. The van der Waals surface area contributed by atoms with Gasteiger partial charge < -0.3 is 78.0 Å². The lowest BCUT2D eigenvalue weighted by molar-refractivity contribution is -0.314. The summed E-state index contributed by atoms with van der Waals surface area (Å²) >= 11 is 0. The topological polar surface area (TPSA) is 296 Å². The van der Waals surface area contributed by atoms with Crippen LogP contribution in [0, 0.1) is 0 Å². The SMILES string of the molecule is NC(CF)=NCC1CCC(N)C(OC2C(N)CC(NC(=O)C3(O)CNC3)C(OC3OC(CO)C(O)C(N)C3O)C2O)O1. The lowest BCUT2D eigenvalue weighted by atomic mass is 9.83. The van der Waals surface area contributed by atoms with Crippen LogP contribution in [0.1, 0.15) is 19.3 Å². The summed E-state index contributed by atoms with van der Waals surface area (Å²) in [6.45, 7) is -1.42. The third-order valence-electron chi connectivity index (χ3n) is 8.24. The minimum absolute atomic E-state index is 0.00865. The fraction of sp³-hybridized carbons (Fsp3) is 0.917. The smallest absolute Gasteiger partial charge is 0.254 e. The number of hydrogen-bond donors (Lipinski definition) is 11. The standard InChI is InChI=1S/C24H44FN7O10/c25-4-14(28)31-5-9-1-2-10(26)21(39-9)41-19-11(27)3-12(32-23(37)24(38)7-30-8-24)20(18(19)36)42-22-17(35)15(29)16(34)13(6-33)40-22/h9-13,15-22,30,33-36,38H,1-8,26-27,29H2,(H2,28,31)(H,32,37). The number of nitrogens with two attached hydrogens (primary N) is 4. The molecule has 42 heavy (non-hydrogen) atoms.